The van der Waals surface area contributed by atoms with Crippen molar-refractivity contribution in [1.82, 2.24) is 25.3 Å². The van der Waals surface area contributed by atoms with Crippen LogP contribution in [0.3, 0.4) is 0 Å². The van der Waals surface area contributed by atoms with Gasteiger partial charge in [0.15, 0.2) is 5.69 Å². The SMILES string of the molecule is O=C(c1n[nH]c2c1CN(Cc1ccccc1)CC2)N1CCNCC1. The van der Waals surface area contributed by atoms with Gasteiger partial charge in [0.05, 0.1) is 0 Å². The number of nitrogens with zero attached hydrogens (tertiary/aromatic N) is 3. The highest BCUT2D eigenvalue weighted by atomic mass is 16.2. The van der Waals surface area contributed by atoms with Crippen LogP contribution in [0.2, 0.25) is 0 Å². The Balaban J connectivity index is 1.50. The van der Waals surface area contributed by atoms with Gasteiger partial charge >= 0.3 is 0 Å². The molecule has 0 atom stereocenters. The molecule has 2 aliphatic heterocycles. The first-order valence-electron chi connectivity index (χ1n) is 8.63. The first-order valence-corrected chi connectivity index (χ1v) is 8.63. The third-order valence-corrected chi connectivity index (χ3v) is 4.87. The van der Waals surface area contributed by atoms with Crippen molar-refractivity contribution >= 4 is 5.91 Å². The average Bonchev–Trinajstić information content (AvgIpc) is 3.06. The van der Waals surface area contributed by atoms with E-state index < -0.39 is 0 Å². The van der Waals surface area contributed by atoms with Crippen LogP contribution in [0.5, 0.6) is 0 Å². The number of aromatic nitrogens is 2. The quantitative estimate of drug-likeness (QED) is 0.884. The first-order chi connectivity index (χ1) is 11.8. The van der Waals surface area contributed by atoms with Crippen LogP contribution >= 0.6 is 0 Å². The lowest BCUT2D eigenvalue weighted by Gasteiger charge is -2.29. The smallest absolute Gasteiger partial charge is 0.274 e. The van der Waals surface area contributed by atoms with E-state index in [0.717, 1.165) is 63.5 Å². The largest absolute Gasteiger partial charge is 0.335 e. The van der Waals surface area contributed by atoms with Gasteiger partial charge in [0, 0.05) is 63.5 Å². The van der Waals surface area contributed by atoms with Crippen molar-refractivity contribution in [3.63, 3.8) is 0 Å². The molecule has 1 saturated heterocycles. The topological polar surface area (TPSA) is 64.3 Å². The Bertz CT molecular complexity index is 705. The maximum atomic E-state index is 12.8. The fourth-order valence-electron chi connectivity index (χ4n) is 3.52. The van der Waals surface area contributed by atoms with Crippen LogP contribution < -0.4 is 5.32 Å². The molecule has 3 heterocycles. The lowest BCUT2D eigenvalue weighted by molar-refractivity contribution is 0.0727. The van der Waals surface area contributed by atoms with E-state index in [1.54, 1.807) is 0 Å². The fraction of sp³-hybridized carbons (Fsp3) is 0.444. The zero-order valence-electron chi connectivity index (χ0n) is 13.8. The number of H-pyrrole nitrogens is 1. The van der Waals surface area contributed by atoms with Gasteiger partial charge < -0.3 is 10.2 Å². The highest BCUT2D eigenvalue weighted by molar-refractivity contribution is 5.94. The molecule has 1 aromatic heterocycles. The van der Waals surface area contributed by atoms with Crippen LogP contribution in [0.1, 0.15) is 27.3 Å². The molecule has 4 rings (SSSR count). The first kappa shape index (κ1) is 15.4. The molecular formula is C18H23N5O. The molecule has 0 unspecified atom stereocenters. The van der Waals surface area contributed by atoms with Crippen molar-refractivity contribution in [2.24, 2.45) is 0 Å². The molecule has 0 aliphatic carbocycles. The average molecular weight is 325 g/mol. The van der Waals surface area contributed by atoms with E-state index in [9.17, 15) is 4.79 Å². The van der Waals surface area contributed by atoms with Crippen LogP contribution in [0.4, 0.5) is 0 Å². The summed E-state index contributed by atoms with van der Waals surface area (Å²) in [5, 5.41) is 10.7. The summed E-state index contributed by atoms with van der Waals surface area (Å²) in [6, 6.07) is 10.5. The molecule has 6 nitrogen and oxygen atoms in total. The molecule has 0 spiro atoms. The molecule has 24 heavy (non-hydrogen) atoms. The number of carbonyl (C=O) groups excluding carboxylic acids is 1. The maximum absolute atomic E-state index is 12.8. The second-order valence-corrected chi connectivity index (χ2v) is 6.52. The minimum Gasteiger partial charge on any atom is -0.335 e. The van der Waals surface area contributed by atoms with E-state index in [1.165, 1.54) is 5.56 Å². The predicted molar refractivity (Wildman–Crippen MR) is 91.6 cm³/mol. The Hall–Kier alpha value is -2.18. The highest BCUT2D eigenvalue weighted by Crippen LogP contribution is 2.23. The fourth-order valence-corrected chi connectivity index (χ4v) is 3.52. The zero-order valence-corrected chi connectivity index (χ0v) is 13.8. The van der Waals surface area contributed by atoms with Gasteiger partial charge in [0.25, 0.3) is 5.91 Å². The minimum atomic E-state index is 0.0653. The van der Waals surface area contributed by atoms with Crippen molar-refractivity contribution < 1.29 is 4.79 Å². The third kappa shape index (κ3) is 3.07. The summed E-state index contributed by atoms with van der Waals surface area (Å²) in [6.07, 6.45) is 0.921. The molecule has 0 saturated carbocycles. The number of nitrogens with one attached hydrogen (secondary N) is 2. The summed E-state index contributed by atoms with van der Waals surface area (Å²) < 4.78 is 0. The molecule has 1 fully saturated rings. The number of benzene rings is 1. The number of piperazine rings is 1. The molecule has 2 aromatic rings. The van der Waals surface area contributed by atoms with E-state index in [4.69, 9.17) is 0 Å². The van der Waals surface area contributed by atoms with Crippen LogP contribution in [-0.2, 0) is 19.5 Å². The standard InChI is InChI=1S/C18H23N5O/c24-18(23-10-7-19-8-11-23)17-15-13-22(9-6-16(15)20-21-17)12-14-4-2-1-3-5-14/h1-5,19H,6-13H2,(H,20,21). The number of aromatic amines is 1. The van der Waals surface area contributed by atoms with Gasteiger partial charge in [-0.1, -0.05) is 30.3 Å². The number of amides is 1. The molecule has 2 N–H and O–H groups in total. The van der Waals surface area contributed by atoms with Crippen molar-refractivity contribution in [3.8, 4) is 0 Å². The Morgan fingerprint density at radius 1 is 1.12 bits per heavy atom. The second kappa shape index (κ2) is 6.75. The van der Waals surface area contributed by atoms with E-state index >= 15 is 0 Å². The van der Waals surface area contributed by atoms with Crippen molar-refractivity contribution in [2.45, 2.75) is 19.5 Å². The second-order valence-electron chi connectivity index (χ2n) is 6.52. The normalized spacial score (nSPS) is 18.4. The lowest BCUT2D eigenvalue weighted by Crippen LogP contribution is -2.46. The van der Waals surface area contributed by atoms with Crippen molar-refractivity contribution in [1.29, 1.82) is 0 Å². The summed E-state index contributed by atoms with van der Waals surface area (Å²) in [6.45, 7) is 5.92. The van der Waals surface area contributed by atoms with E-state index in [0.29, 0.717) is 5.69 Å². The van der Waals surface area contributed by atoms with Gasteiger partial charge in [-0.3, -0.25) is 14.8 Å². The van der Waals surface area contributed by atoms with Crippen molar-refractivity contribution in [2.75, 3.05) is 32.7 Å². The number of fused-ring (bicyclic) bond motifs is 1. The van der Waals surface area contributed by atoms with Crippen LogP contribution in [0.15, 0.2) is 30.3 Å². The Morgan fingerprint density at radius 3 is 2.71 bits per heavy atom. The molecule has 126 valence electrons. The summed E-state index contributed by atoms with van der Waals surface area (Å²) in [5.41, 5.74) is 4.13. The number of hydrogen-bond acceptors (Lipinski definition) is 4. The third-order valence-electron chi connectivity index (χ3n) is 4.87. The summed E-state index contributed by atoms with van der Waals surface area (Å²) >= 11 is 0. The molecule has 6 heteroatoms. The summed E-state index contributed by atoms with van der Waals surface area (Å²) in [4.78, 5) is 17.1. The van der Waals surface area contributed by atoms with Crippen molar-refractivity contribution in [3.05, 3.63) is 52.8 Å². The van der Waals surface area contributed by atoms with E-state index in [-0.39, 0.29) is 5.91 Å². The molecule has 0 radical (unpaired) electrons. The van der Waals surface area contributed by atoms with Gasteiger partial charge in [-0.2, -0.15) is 5.10 Å². The minimum absolute atomic E-state index is 0.0653. The van der Waals surface area contributed by atoms with Gasteiger partial charge in [-0.15, -0.1) is 0 Å². The van der Waals surface area contributed by atoms with Gasteiger partial charge in [-0.05, 0) is 5.56 Å². The summed E-state index contributed by atoms with van der Waals surface area (Å²) in [5.74, 6) is 0.0653. The number of carbonyl (C=O) groups is 1. The summed E-state index contributed by atoms with van der Waals surface area (Å²) in [7, 11) is 0. The molecular weight excluding hydrogens is 302 g/mol. The van der Waals surface area contributed by atoms with Gasteiger partial charge in [0.2, 0.25) is 0 Å². The zero-order chi connectivity index (χ0) is 16.4. The monoisotopic (exact) mass is 325 g/mol. The predicted octanol–water partition coefficient (Wildman–Crippen LogP) is 1.01. The maximum Gasteiger partial charge on any atom is 0.274 e. The van der Waals surface area contributed by atoms with E-state index in [1.807, 2.05) is 11.0 Å². The molecule has 0 bridgehead atoms. The molecule has 1 amide bonds. The number of rotatable bonds is 3. The lowest BCUT2D eigenvalue weighted by atomic mass is 10.0. The Morgan fingerprint density at radius 2 is 1.92 bits per heavy atom. The number of hydrogen-bond donors (Lipinski definition) is 2. The van der Waals surface area contributed by atoms with E-state index in [2.05, 4.69) is 44.7 Å². The molecule has 1 aromatic carbocycles. The van der Waals surface area contributed by atoms with Gasteiger partial charge in [0.1, 0.15) is 0 Å². The molecule has 2 aliphatic rings. The highest BCUT2D eigenvalue weighted by Gasteiger charge is 2.28. The van der Waals surface area contributed by atoms with Crippen LogP contribution in [0, 0.1) is 0 Å². The van der Waals surface area contributed by atoms with Gasteiger partial charge in [-0.25, -0.2) is 0 Å². The van der Waals surface area contributed by atoms with Crippen LogP contribution in [-0.4, -0.2) is 58.6 Å². The Kier molecular flexibility index (Phi) is 4.32. The Labute approximate surface area is 141 Å². The van der Waals surface area contributed by atoms with Crippen LogP contribution in [0.25, 0.3) is 0 Å².